The van der Waals surface area contributed by atoms with E-state index < -0.39 is 0 Å². The molecule has 1 amide bonds. The van der Waals surface area contributed by atoms with Gasteiger partial charge in [-0.15, -0.1) is 0 Å². The van der Waals surface area contributed by atoms with Crippen LogP contribution in [0.15, 0.2) is 30.3 Å². The minimum Gasteiger partial charge on any atom is -0.345 e. The second-order valence-electron chi connectivity index (χ2n) is 4.65. The summed E-state index contributed by atoms with van der Waals surface area (Å²) in [5, 5.41) is 2.81. The van der Waals surface area contributed by atoms with Crippen LogP contribution in [-0.2, 0) is 13.1 Å². The molecule has 0 atom stereocenters. The van der Waals surface area contributed by atoms with Gasteiger partial charge in [0.15, 0.2) is 0 Å². The van der Waals surface area contributed by atoms with E-state index in [0.29, 0.717) is 24.5 Å². The van der Waals surface area contributed by atoms with Crippen molar-refractivity contribution in [3.05, 3.63) is 58.7 Å². The van der Waals surface area contributed by atoms with Gasteiger partial charge in [0.05, 0.1) is 6.54 Å². The lowest BCUT2D eigenvalue weighted by Gasteiger charge is -2.06. The molecule has 1 heterocycles. The van der Waals surface area contributed by atoms with Gasteiger partial charge in [0, 0.05) is 23.5 Å². The molecule has 0 aliphatic rings. The van der Waals surface area contributed by atoms with Gasteiger partial charge in [0.2, 0.25) is 0 Å². The number of hydrogen-bond acceptors (Lipinski definition) is 4. The third-order valence-electron chi connectivity index (χ3n) is 2.89. The molecule has 20 heavy (non-hydrogen) atoms. The molecule has 0 fully saturated rings. The van der Waals surface area contributed by atoms with Gasteiger partial charge in [-0.25, -0.2) is 9.97 Å². The Morgan fingerprint density at radius 1 is 1.15 bits per heavy atom. The number of hydrogen-bond donors (Lipinski definition) is 2. The van der Waals surface area contributed by atoms with Crippen LogP contribution in [0.1, 0.15) is 33.1 Å². The summed E-state index contributed by atoms with van der Waals surface area (Å²) >= 11 is 0. The highest BCUT2D eigenvalue weighted by molar-refractivity contribution is 5.94. The average Bonchev–Trinajstić information content (AvgIpc) is 2.44. The second-order valence-corrected chi connectivity index (χ2v) is 4.65. The summed E-state index contributed by atoms with van der Waals surface area (Å²) in [4.78, 5) is 20.6. The lowest BCUT2D eigenvalue weighted by atomic mass is 10.1. The van der Waals surface area contributed by atoms with Gasteiger partial charge in [-0.1, -0.05) is 12.1 Å². The zero-order chi connectivity index (χ0) is 14.5. The number of amides is 1. The van der Waals surface area contributed by atoms with Crippen LogP contribution >= 0.6 is 0 Å². The molecule has 3 N–H and O–H groups in total. The number of nitrogens with two attached hydrogens (primary N) is 1. The van der Waals surface area contributed by atoms with Crippen LogP contribution in [0.2, 0.25) is 0 Å². The number of aromatic nitrogens is 2. The molecule has 2 aromatic rings. The summed E-state index contributed by atoms with van der Waals surface area (Å²) in [6, 6.07) is 9.13. The molecule has 0 aliphatic heterocycles. The van der Waals surface area contributed by atoms with E-state index in [0.717, 1.165) is 17.0 Å². The molecule has 0 unspecified atom stereocenters. The highest BCUT2D eigenvalue weighted by atomic mass is 16.1. The SMILES string of the molecule is Cc1cc(C)nc(CNC(=O)c2ccc(CN)cc2)n1. The van der Waals surface area contributed by atoms with Crippen molar-refractivity contribution in [2.24, 2.45) is 5.73 Å². The monoisotopic (exact) mass is 270 g/mol. The number of nitrogens with one attached hydrogen (secondary N) is 1. The smallest absolute Gasteiger partial charge is 0.251 e. The Labute approximate surface area is 118 Å². The molecule has 0 saturated carbocycles. The Balaban J connectivity index is 2.00. The zero-order valence-electron chi connectivity index (χ0n) is 11.7. The van der Waals surface area contributed by atoms with Crippen LogP contribution in [0.5, 0.6) is 0 Å². The summed E-state index contributed by atoms with van der Waals surface area (Å²) in [6.45, 7) is 4.61. The fourth-order valence-electron chi connectivity index (χ4n) is 1.93. The molecule has 104 valence electrons. The van der Waals surface area contributed by atoms with Crippen molar-refractivity contribution >= 4 is 5.91 Å². The minimum absolute atomic E-state index is 0.142. The van der Waals surface area contributed by atoms with Gasteiger partial charge in [0.1, 0.15) is 5.82 Å². The number of aryl methyl sites for hydroxylation is 2. The molecule has 5 heteroatoms. The summed E-state index contributed by atoms with van der Waals surface area (Å²) < 4.78 is 0. The highest BCUT2D eigenvalue weighted by Crippen LogP contribution is 2.04. The lowest BCUT2D eigenvalue weighted by Crippen LogP contribution is -2.24. The number of rotatable bonds is 4. The van der Waals surface area contributed by atoms with Gasteiger partial charge >= 0.3 is 0 Å². The van der Waals surface area contributed by atoms with E-state index in [9.17, 15) is 4.79 Å². The van der Waals surface area contributed by atoms with Crippen molar-refractivity contribution in [3.8, 4) is 0 Å². The zero-order valence-corrected chi connectivity index (χ0v) is 11.7. The van der Waals surface area contributed by atoms with Crippen LogP contribution in [0.4, 0.5) is 0 Å². The van der Waals surface area contributed by atoms with Crippen LogP contribution < -0.4 is 11.1 Å². The molecule has 0 spiro atoms. The fraction of sp³-hybridized carbons (Fsp3) is 0.267. The summed E-state index contributed by atoms with van der Waals surface area (Å²) in [5.74, 6) is 0.478. The van der Waals surface area contributed by atoms with E-state index >= 15 is 0 Å². The summed E-state index contributed by atoms with van der Waals surface area (Å²) in [7, 11) is 0. The van der Waals surface area contributed by atoms with Gasteiger partial charge in [-0.3, -0.25) is 4.79 Å². The predicted molar refractivity (Wildman–Crippen MR) is 77.0 cm³/mol. The second kappa shape index (κ2) is 6.25. The maximum absolute atomic E-state index is 12.0. The van der Waals surface area contributed by atoms with Crippen molar-refractivity contribution < 1.29 is 4.79 Å². The van der Waals surface area contributed by atoms with Crippen LogP contribution in [-0.4, -0.2) is 15.9 Å². The topological polar surface area (TPSA) is 80.9 Å². The first kappa shape index (κ1) is 14.1. The molecule has 5 nitrogen and oxygen atoms in total. The van der Waals surface area contributed by atoms with E-state index in [-0.39, 0.29) is 5.91 Å². The molecule has 1 aromatic heterocycles. The largest absolute Gasteiger partial charge is 0.345 e. The first-order valence-electron chi connectivity index (χ1n) is 6.47. The van der Waals surface area contributed by atoms with Gasteiger partial charge < -0.3 is 11.1 Å². The summed E-state index contributed by atoms with van der Waals surface area (Å²) in [5.41, 5.74) is 8.92. The Kier molecular flexibility index (Phi) is 4.42. The van der Waals surface area contributed by atoms with Gasteiger partial charge in [-0.2, -0.15) is 0 Å². The number of nitrogens with zero attached hydrogens (tertiary/aromatic N) is 2. The molecule has 1 aromatic carbocycles. The lowest BCUT2D eigenvalue weighted by molar-refractivity contribution is 0.0950. The minimum atomic E-state index is -0.142. The molecule has 0 bridgehead atoms. The first-order valence-corrected chi connectivity index (χ1v) is 6.47. The van der Waals surface area contributed by atoms with Crippen molar-refractivity contribution in [2.75, 3.05) is 0 Å². The van der Waals surface area contributed by atoms with Crippen molar-refractivity contribution in [1.29, 1.82) is 0 Å². The number of carbonyl (C=O) groups is 1. The highest BCUT2D eigenvalue weighted by Gasteiger charge is 2.06. The Hall–Kier alpha value is -2.27. The molecular weight excluding hydrogens is 252 g/mol. The van der Waals surface area contributed by atoms with E-state index in [1.54, 1.807) is 12.1 Å². The average molecular weight is 270 g/mol. The molecule has 0 saturated heterocycles. The molecule has 0 aliphatic carbocycles. The first-order chi connectivity index (χ1) is 9.58. The Morgan fingerprint density at radius 2 is 1.75 bits per heavy atom. The van der Waals surface area contributed by atoms with E-state index in [1.165, 1.54) is 0 Å². The number of benzene rings is 1. The van der Waals surface area contributed by atoms with Crippen LogP contribution in [0.25, 0.3) is 0 Å². The van der Waals surface area contributed by atoms with Crippen molar-refractivity contribution in [1.82, 2.24) is 15.3 Å². The normalized spacial score (nSPS) is 10.3. The molecule has 2 rings (SSSR count). The molecule has 0 radical (unpaired) electrons. The van der Waals surface area contributed by atoms with Crippen molar-refractivity contribution in [3.63, 3.8) is 0 Å². The third-order valence-corrected chi connectivity index (χ3v) is 2.89. The fourth-order valence-corrected chi connectivity index (χ4v) is 1.93. The maximum Gasteiger partial charge on any atom is 0.251 e. The quantitative estimate of drug-likeness (QED) is 0.881. The summed E-state index contributed by atoms with van der Waals surface area (Å²) in [6.07, 6.45) is 0. The predicted octanol–water partition coefficient (Wildman–Crippen LogP) is 1.48. The van der Waals surface area contributed by atoms with Crippen molar-refractivity contribution in [2.45, 2.75) is 26.9 Å². The van der Waals surface area contributed by atoms with E-state index in [4.69, 9.17) is 5.73 Å². The van der Waals surface area contributed by atoms with E-state index in [1.807, 2.05) is 32.0 Å². The van der Waals surface area contributed by atoms with Crippen LogP contribution in [0, 0.1) is 13.8 Å². The maximum atomic E-state index is 12.0. The molecular formula is C15H18N4O. The van der Waals surface area contributed by atoms with Gasteiger partial charge in [-0.05, 0) is 37.6 Å². The Bertz CT molecular complexity index is 588. The van der Waals surface area contributed by atoms with Gasteiger partial charge in [0.25, 0.3) is 5.91 Å². The Morgan fingerprint density at radius 3 is 2.30 bits per heavy atom. The third kappa shape index (κ3) is 3.61. The van der Waals surface area contributed by atoms with Crippen LogP contribution in [0.3, 0.4) is 0 Å². The standard InChI is InChI=1S/C15H18N4O/c1-10-7-11(2)19-14(18-10)9-17-15(20)13-5-3-12(8-16)4-6-13/h3-7H,8-9,16H2,1-2H3,(H,17,20). The van der Waals surface area contributed by atoms with E-state index in [2.05, 4.69) is 15.3 Å². The number of carbonyl (C=O) groups excluding carboxylic acids is 1.